The first-order valence-corrected chi connectivity index (χ1v) is 6.73. The molecule has 0 spiro atoms. The van der Waals surface area contributed by atoms with E-state index in [4.69, 9.17) is 5.73 Å². The number of aromatic nitrogens is 2. The van der Waals surface area contributed by atoms with Crippen LogP contribution in [0.25, 0.3) is 11.0 Å². The predicted octanol–water partition coefficient (Wildman–Crippen LogP) is 1.95. The molecule has 0 atom stereocenters. The second-order valence-electron chi connectivity index (χ2n) is 4.99. The number of hydrogen-bond acceptors (Lipinski definition) is 2. The van der Waals surface area contributed by atoms with Crippen LogP contribution in [0, 0.1) is 0 Å². The first-order valence-electron chi connectivity index (χ1n) is 6.73. The Balaban J connectivity index is 1.82. The van der Waals surface area contributed by atoms with Crippen molar-refractivity contribution >= 4 is 11.0 Å². The summed E-state index contributed by atoms with van der Waals surface area (Å²) in [5, 5.41) is 0. The molecular formula is C16H17N3O. The molecule has 0 saturated heterocycles. The molecule has 0 saturated carbocycles. The molecule has 20 heavy (non-hydrogen) atoms. The third-order valence-electron chi connectivity index (χ3n) is 3.44. The van der Waals surface area contributed by atoms with Gasteiger partial charge in [0.1, 0.15) is 0 Å². The number of H-pyrrole nitrogens is 2. The molecule has 1 heterocycles. The van der Waals surface area contributed by atoms with Gasteiger partial charge in [-0.25, -0.2) is 4.79 Å². The predicted molar refractivity (Wildman–Crippen MR) is 80.9 cm³/mol. The molecule has 0 radical (unpaired) electrons. The summed E-state index contributed by atoms with van der Waals surface area (Å²) in [6.45, 7) is 0.677. The van der Waals surface area contributed by atoms with Crippen molar-refractivity contribution in [2.45, 2.75) is 12.8 Å². The average molecular weight is 267 g/mol. The summed E-state index contributed by atoms with van der Waals surface area (Å²) in [6.07, 6.45) is 1.77. The van der Waals surface area contributed by atoms with Crippen LogP contribution in [0.15, 0.2) is 47.3 Å². The van der Waals surface area contributed by atoms with Gasteiger partial charge >= 0.3 is 5.69 Å². The molecular weight excluding hydrogens is 250 g/mol. The van der Waals surface area contributed by atoms with Gasteiger partial charge in [0.2, 0.25) is 0 Å². The molecule has 4 N–H and O–H groups in total. The Hall–Kier alpha value is -2.33. The van der Waals surface area contributed by atoms with E-state index >= 15 is 0 Å². The van der Waals surface area contributed by atoms with Crippen LogP contribution in [0.1, 0.15) is 16.7 Å². The van der Waals surface area contributed by atoms with Gasteiger partial charge < -0.3 is 15.7 Å². The van der Waals surface area contributed by atoms with Crippen molar-refractivity contribution in [2.24, 2.45) is 5.73 Å². The van der Waals surface area contributed by atoms with E-state index < -0.39 is 0 Å². The fourth-order valence-electron chi connectivity index (χ4n) is 2.42. The van der Waals surface area contributed by atoms with Gasteiger partial charge in [0, 0.05) is 0 Å². The van der Waals surface area contributed by atoms with Crippen molar-refractivity contribution in [1.82, 2.24) is 9.97 Å². The first kappa shape index (κ1) is 12.7. The van der Waals surface area contributed by atoms with Crippen LogP contribution in [-0.4, -0.2) is 16.5 Å². The lowest BCUT2D eigenvalue weighted by molar-refractivity contribution is 0.966. The fraction of sp³-hybridized carbons (Fsp3) is 0.188. The summed E-state index contributed by atoms with van der Waals surface area (Å²) in [7, 11) is 0. The summed E-state index contributed by atoms with van der Waals surface area (Å²) in [4.78, 5) is 16.8. The van der Waals surface area contributed by atoms with E-state index in [0.29, 0.717) is 6.54 Å². The third kappa shape index (κ3) is 2.65. The molecule has 4 heteroatoms. The maximum Gasteiger partial charge on any atom is 0.323 e. The third-order valence-corrected chi connectivity index (χ3v) is 3.44. The van der Waals surface area contributed by atoms with Gasteiger partial charge in [-0.15, -0.1) is 0 Å². The van der Waals surface area contributed by atoms with Crippen LogP contribution >= 0.6 is 0 Å². The number of rotatable bonds is 4. The quantitative estimate of drug-likeness (QED) is 0.676. The summed E-state index contributed by atoms with van der Waals surface area (Å²) in [5.74, 6) is 0. The number of benzene rings is 2. The highest BCUT2D eigenvalue weighted by molar-refractivity contribution is 5.75. The van der Waals surface area contributed by atoms with Crippen LogP contribution in [0.5, 0.6) is 0 Å². The molecule has 0 bridgehead atoms. The molecule has 0 aliphatic carbocycles. The Labute approximate surface area is 116 Å². The number of nitrogens with one attached hydrogen (secondary N) is 2. The lowest BCUT2D eigenvalue weighted by atomic mass is 10.0. The minimum absolute atomic E-state index is 0.164. The van der Waals surface area contributed by atoms with Crippen LogP contribution in [-0.2, 0) is 12.8 Å². The van der Waals surface area contributed by atoms with Crippen LogP contribution in [0.4, 0.5) is 0 Å². The maximum atomic E-state index is 11.2. The van der Waals surface area contributed by atoms with Gasteiger partial charge in [0.05, 0.1) is 11.0 Å². The highest BCUT2D eigenvalue weighted by Gasteiger charge is 2.01. The zero-order chi connectivity index (χ0) is 13.9. The number of aromatic amines is 2. The summed E-state index contributed by atoms with van der Waals surface area (Å²) in [6, 6.07) is 14.5. The smallest absolute Gasteiger partial charge is 0.323 e. The van der Waals surface area contributed by atoms with Crippen molar-refractivity contribution < 1.29 is 0 Å². The number of hydrogen-bond donors (Lipinski definition) is 3. The molecule has 0 fully saturated rings. The van der Waals surface area contributed by atoms with Crippen molar-refractivity contribution in [2.75, 3.05) is 6.54 Å². The topological polar surface area (TPSA) is 74.7 Å². The molecule has 0 unspecified atom stereocenters. The van der Waals surface area contributed by atoms with Crippen molar-refractivity contribution in [3.8, 4) is 0 Å². The van der Waals surface area contributed by atoms with Crippen LogP contribution in [0.2, 0.25) is 0 Å². The Morgan fingerprint density at radius 3 is 2.25 bits per heavy atom. The van der Waals surface area contributed by atoms with Gasteiger partial charge in [-0.1, -0.05) is 30.3 Å². The Kier molecular flexibility index (Phi) is 3.39. The first-order chi connectivity index (χ1) is 9.74. The molecule has 3 aromatic rings. The van der Waals surface area contributed by atoms with Gasteiger partial charge in [-0.2, -0.15) is 0 Å². The average Bonchev–Trinajstić information content (AvgIpc) is 2.81. The van der Waals surface area contributed by atoms with Crippen LogP contribution in [0.3, 0.4) is 0 Å². The minimum atomic E-state index is -0.164. The van der Waals surface area contributed by atoms with E-state index in [1.54, 1.807) is 0 Å². The van der Waals surface area contributed by atoms with E-state index in [0.717, 1.165) is 23.9 Å². The van der Waals surface area contributed by atoms with E-state index in [9.17, 15) is 4.79 Å². The standard InChI is InChI=1S/C16H17N3O/c17-8-7-11-1-3-12(4-2-11)9-13-5-6-14-15(10-13)19-16(20)18-14/h1-6,10H,7-9,17H2,(H2,18,19,20). The Morgan fingerprint density at radius 1 is 0.850 bits per heavy atom. The molecule has 0 aliphatic heterocycles. The molecule has 0 amide bonds. The van der Waals surface area contributed by atoms with E-state index in [-0.39, 0.29) is 5.69 Å². The summed E-state index contributed by atoms with van der Waals surface area (Å²) in [5.41, 5.74) is 10.8. The number of nitrogens with two attached hydrogens (primary N) is 1. The molecule has 1 aromatic heterocycles. The molecule has 2 aromatic carbocycles. The zero-order valence-corrected chi connectivity index (χ0v) is 11.1. The van der Waals surface area contributed by atoms with E-state index in [2.05, 4.69) is 34.2 Å². The van der Waals surface area contributed by atoms with E-state index in [1.807, 2.05) is 18.2 Å². The van der Waals surface area contributed by atoms with Gasteiger partial charge in [-0.05, 0) is 48.2 Å². The zero-order valence-electron chi connectivity index (χ0n) is 11.1. The highest BCUT2D eigenvalue weighted by Crippen LogP contribution is 2.15. The fourth-order valence-corrected chi connectivity index (χ4v) is 2.42. The maximum absolute atomic E-state index is 11.2. The van der Waals surface area contributed by atoms with Gasteiger partial charge in [0.15, 0.2) is 0 Å². The molecule has 3 rings (SSSR count). The molecule has 4 nitrogen and oxygen atoms in total. The second-order valence-corrected chi connectivity index (χ2v) is 4.99. The van der Waals surface area contributed by atoms with Crippen LogP contribution < -0.4 is 11.4 Å². The van der Waals surface area contributed by atoms with E-state index in [1.165, 1.54) is 16.7 Å². The van der Waals surface area contributed by atoms with Gasteiger partial charge in [-0.3, -0.25) is 0 Å². The van der Waals surface area contributed by atoms with Crippen molar-refractivity contribution in [1.29, 1.82) is 0 Å². The van der Waals surface area contributed by atoms with Crippen molar-refractivity contribution in [3.05, 3.63) is 69.6 Å². The number of imidazole rings is 1. The lowest BCUT2D eigenvalue weighted by Gasteiger charge is -2.04. The SMILES string of the molecule is NCCc1ccc(Cc2ccc3[nH]c(=O)[nH]c3c2)cc1. The van der Waals surface area contributed by atoms with Crippen molar-refractivity contribution in [3.63, 3.8) is 0 Å². The minimum Gasteiger partial charge on any atom is -0.330 e. The largest absolute Gasteiger partial charge is 0.330 e. The Bertz CT molecular complexity index is 768. The lowest BCUT2D eigenvalue weighted by Crippen LogP contribution is -2.02. The Morgan fingerprint density at radius 2 is 1.50 bits per heavy atom. The summed E-state index contributed by atoms with van der Waals surface area (Å²) >= 11 is 0. The molecule has 102 valence electrons. The number of fused-ring (bicyclic) bond motifs is 1. The van der Waals surface area contributed by atoms with Gasteiger partial charge in [0.25, 0.3) is 0 Å². The second kappa shape index (κ2) is 5.35. The highest BCUT2D eigenvalue weighted by atomic mass is 16.1. The summed E-state index contributed by atoms with van der Waals surface area (Å²) < 4.78 is 0. The molecule has 0 aliphatic rings. The normalized spacial score (nSPS) is 11.1. The monoisotopic (exact) mass is 267 g/mol.